The fourth-order valence-corrected chi connectivity index (χ4v) is 9.13. The van der Waals surface area contributed by atoms with Crippen molar-refractivity contribution in [2.45, 2.75) is 74.8 Å². The Labute approximate surface area is 236 Å². The molecule has 0 saturated carbocycles. The average Bonchev–Trinajstić information content (AvgIpc) is 3.47. The minimum absolute atomic E-state index is 0.0866. The van der Waals surface area contributed by atoms with Crippen molar-refractivity contribution < 1.29 is 24.2 Å². The fourth-order valence-electron chi connectivity index (χ4n) is 6.79. The summed E-state index contributed by atoms with van der Waals surface area (Å²) in [4.78, 5) is 45.6. The van der Waals surface area contributed by atoms with Gasteiger partial charge in [0.05, 0.1) is 23.2 Å². The Balaban J connectivity index is 1.71. The summed E-state index contributed by atoms with van der Waals surface area (Å²) in [5.74, 6) is -1.90. The summed E-state index contributed by atoms with van der Waals surface area (Å²) in [5, 5.41) is 9.62. The van der Waals surface area contributed by atoms with Crippen LogP contribution >= 0.6 is 11.8 Å². The number of rotatable bonds is 13. The van der Waals surface area contributed by atoms with Gasteiger partial charge in [0.15, 0.2) is 0 Å². The van der Waals surface area contributed by atoms with Gasteiger partial charge in [0.1, 0.15) is 6.04 Å². The highest BCUT2D eigenvalue weighted by atomic mass is 32.2. The molecular weight excluding hydrogens is 512 g/mol. The number of nitrogens with zero attached hydrogens (tertiary/aromatic N) is 2. The number of carbonyl (C=O) groups excluding carboxylic acids is 3. The highest BCUT2D eigenvalue weighted by Gasteiger charge is 2.77. The van der Waals surface area contributed by atoms with Crippen LogP contribution in [0.4, 0.5) is 5.69 Å². The van der Waals surface area contributed by atoms with Crippen molar-refractivity contribution in [1.29, 1.82) is 0 Å². The van der Waals surface area contributed by atoms with Gasteiger partial charge < -0.3 is 19.6 Å². The fraction of sp³-hybridized carbons (Fsp3) is 0.581. The standard InChI is InChI=1S/C31H42N2O5S/c1-6-8-9-10-19-38-29(37)25-24-27(35)33(17-11-18-34)26(31(24)15-14-30(25,5)39-31)28(36)32(16-7-2)23-20-21(3)12-13-22(23)4/h6-7,12-13,20,24-26,34H,1-2,8-11,14-19H2,3-5H3/t24-,25+,26?,30-,31?/m0/s1. The lowest BCUT2D eigenvalue weighted by atomic mass is 9.66. The Morgan fingerprint density at radius 1 is 1.21 bits per heavy atom. The number of aliphatic hydroxyl groups is 1. The predicted molar refractivity (Wildman–Crippen MR) is 156 cm³/mol. The maximum atomic E-state index is 14.6. The summed E-state index contributed by atoms with van der Waals surface area (Å²) in [5.41, 5.74) is 2.80. The molecule has 3 aliphatic heterocycles. The van der Waals surface area contributed by atoms with Crippen molar-refractivity contribution in [3.05, 3.63) is 54.6 Å². The normalized spacial score (nSPS) is 28.9. The zero-order chi connectivity index (χ0) is 28.4. The van der Waals surface area contributed by atoms with E-state index in [-0.39, 0.29) is 30.9 Å². The SMILES string of the molecule is C=CCCCCOC(=O)[C@H]1[C@H]2C(=O)N(CCCO)C(C(=O)N(CC=C)c3cc(C)ccc3C)C23CC[C@]1(C)S3. The molecule has 1 spiro atoms. The second kappa shape index (κ2) is 11.9. The van der Waals surface area contributed by atoms with Gasteiger partial charge in [-0.1, -0.05) is 24.3 Å². The third-order valence-electron chi connectivity index (χ3n) is 8.60. The van der Waals surface area contributed by atoms with Crippen molar-refractivity contribution in [1.82, 2.24) is 4.90 Å². The maximum Gasteiger partial charge on any atom is 0.311 e. The van der Waals surface area contributed by atoms with Gasteiger partial charge in [-0.3, -0.25) is 14.4 Å². The van der Waals surface area contributed by atoms with Gasteiger partial charge in [-0.05, 0) is 76.5 Å². The first kappa shape index (κ1) is 29.4. The topological polar surface area (TPSA) is 87.1 Å². The Bertz CT molecular complexity index is 1140. The Morgan fingerprint density at radius 3 is 2.67 bits per heavy atom. The van der Waals surface area contributed by atoms with Gasteiger partial charge in [0.2, 0.25) is 5.91 Å². The summed E-state index contributed by atoms with van der Waals surface area (Å²) in [6, 6.07) is 5.27. The molecule has 3 aliphatic rings. The zero-order valence-corrected chi connectivity index (χ0v) is 24.3. The maximum absolute atomic E-state index is 14.6. The van der Waals surface area contributed by atoms with Crippen molar-refractivity contribution in [2.75, 3.05) is 31.2 Å². The van der Waals surface area contributed by atoms with Crippen molar-refractivity contribution in [3.63, 3.8) is 0 Å². The van der Waals surface area contributed by atoms with Crippen molar-refractivity contribution in [2.24, 2.45) is 11.8 Å². The van der Waals surface area contributed by atoms with Crippen molar-refractivity contribution in [3.8, 4) is 0 Å². The number of allylic oxidation sites excluding steroid dienone is 1. The number of unbranched alkanes of at least 4 members (excludes halogenated alkanes) is 2. The van der Waals surface area contributed by atoms with E-state index >= 15 is 0 Å². The molecule has 1 N–H and O–H groups in total. The van der Waals surface area contributed by atoms with E-state index in [2.05, 4.69) is 13.2 Å². The molecule has 2 bridgehead atoms. The van der Waals surface area contributed by atoms with Crippen LogP contribution in [0.15, 0.2) is 43.5 Å². The molecule has 0 radical (unpaired) electrons. The first-order chi connectivity index (χ1) is 18.6. The van der Waals surface area contributed by atoms with Gasteiger partial charge in [-0.2, -0.15) is 0 Å². The van der Waals surface area contributed by atoms with Crippen LogP contribution in [0.25, 0.3) is 0 Å². The minimum Gasteiger partial charge on any atom is -0.465 e. The summed E-state index contributed by atoms with van der Waals surface area (Å²) in [6.45, 7) is 14.4. The van der Waals surface area contributed by atoms with Crippen LogP contribution in [-0.4, -0.2) is 69.6 Å². The van der Waals surface area contributed by atoms with Crippen LogP contribution in [0.5, 0.6) is 0 Å². The molecule has 0 aliphatic carbocycles. The third-order valence-corrected chi connectivity index (χ3v) is 10.6. The van der Waals surface area contributed by atoms with Gasteiger partial charge >= 0.3 is 5.97 Å². The van der Waals surface area contributed by atoms with Crippen LogP contribution in [0, 0.1) is 25.7 Å². The largest absolute Gasteiger partial charge is 0.465 e. The number of aryl methyl sites for hydroxylation is 2. The number of fused-ring (bicyclic) bond motifs is 1. The first-order valence-corrected chi connectivity index (χ1v) is 14.9. The number of esters is 1. The van der Waals surface area contributed by atoms with E-state index in [0.29, 0.717) is 26.0 Å². The van der Waals surface area contributed by atoms with Crippen LogP contribution in [-0.2, 0) is 19.1 Å². The highest BCUT2D eigenvalue weighted by Crippen LogP contribution is 2.71. The molecule has 5 atom stereocenters. The van der Waals surface area contributed by atoms with Gasteiger partial charge in [-0.25, -0.2) is 0 Å². The molecule has 8 heteroatoms. The molecular formula is C31H42N2O5S. The Kier molecular flexibility index (Phi) is 8.96. The number of benzene rings is 1. The molecule has 1 aromatic rings. The second-order valence-electron chi connectivity index (χ2n) is 11.3. The summed E-state index contributed by atoms with van der Waals surface area (Å²) in [7, 11) is 0. The molecule has 4 rings (SSSR count). The molecule has 0 aromatic heterocycles. The second-order valence-corrected chi connectivity index (χ2v) is 13.2. The Morgan fingerprint density at radius 2 is 1.97 bits per heavy atom. The van der Waals surface area contributed by atoms with E-state index < -0.39 is 27.4 Å². The average molecular weight is 555 g/mol. The summed E-state index contributed by atoms with van der Waals surface area (Å²) in [6.07, 6.45) is 7.83. The number of hydrogen-bond donors (Lipinski definition) is 1. The van der Waals surface area contributed by atoms with E-state index in [1.165, 1.54) is 0 Å². The lowest BCUT2D eigenvalue weighted by Gasteiger charge is -2.37. The molecule has 2 amide bonds. The van der Waals surface area contributed by atoms with E-state index in [1.54, 1.807) is 27.6 Å². The summed E-state index contributed by atoms with van der Waals surface area (Å²) < 4.78 is 4.54. The molecule has 3 heterocycles. The summed E-state index contributed by atoms with van der Waals surface area (Å²) >= 11 is 1.64. The van der Waals surface area contributed by atoms with Crippen LogP contribution in [0.1, 0.15) is 56.6 Å². The van der Waals surface area contributed by atoms with E-state index in [9.17, 15) is 19.5 Å². The third kappa shape index (κ3) is 5.18. The number of anilines is 1. The number of thioether (sulfide) groups is 1. The number of ether oxygens (including phenoxy) is 1. The monoisotopic (exact) mass is 554 g/mol. The van der Waals surface area contributed by atoms with Gasteiger partial charge in [0, 0.05) is 30.1 Å². The Hall–Kier alpha value is -2.58. The predicted octanol–water partition coefficient (Wildman–Crippen LogP) is 4.59. The number of aliphatic hydroxyl groups excluding tert-OH is 1. The van der Waals surface area contributed by atoms with Crippen LogP contribution in [0.3, 0.4) is 0 Å². The number of amides is 2. The number of carbonyl (C=O) groups is 3. The molecule has 2 unspecified atom stereocenters. The smallest absolute Gasteiger partial charge is 0.311 e. The van der Waals surface area contributed by atoms with Gasteiger partial charge in [0.25, 0.3) is 5.91 Å². The zero-order valence-electron chi connectivity index (χ0n) is 23.5. The van der Waals surface area contributed by atoms with Crippen LogP contribution < -0.4 is 4.90 Å². The quantitative estimate of drug-likeness (QED) is 0.218. The van der Waals surface area contributed by atoms with E-state index in [0.717, 1.165) is 42.5 Å². The van der Waals surface area contributed by atoms with E-state index in [1.807, 2.05) is 45.0 Å². The lowest BCUT2D eigenvalue weighted by Crippen LogP contribution is -2.55. The molecule has 7 nitrogen and oxygen atoms in total. The molecule has 39 heavy (non-hydrogen) atoms. The lowest BCUT2D eigenvalue weighted by molar-refractivity contribution is -0.155. The molecule has 1 aromatic carbocycles. The molecule has 212 valence electrons. The minimum atomic E-state index is -0.737. The first-order valence-electron chi connectivity index (χ1n) is 14.0. The van der Waals surface area contributed by atoms with Gasteiger partial charge in [-0.15, -0.1) is 24.9 Å². The number of hydrogen-bond acceptors (Lipinski definition) is 6. The van der Waals surface area contributed by atoms with Crippen molar-refractivity contribution >= 4 is 35.2 Å². The van der Waals surface area contributed by atoms with E-state index in [4.69, 9.17) is 4.74 Å². The molecule has 3 saturated heterocycles. The molecule has 3 fully saturated rings. The highest BCUT2D eigenvalue weighted by molar-refractivity contribution is 8.02. The number of likely N-dealkylation sites (tertiary alicyclic amines) is 1. The van der Waals surface area contributed by atoms with Crippen LogP contribution in [0.2, 0.25) is 0 Å².